The van der Waals surface area contributed by atoms with Gasteiger partial charge in [-0.3, -0.25) is 4.90 Å². The molecule has 1 saturated carbocycles. The number of carbonyl (C=O) groups excluding carboxylic acids is 1. The minimum absolute atomic E-state index is 0.116. The van der Waals surface area contributed by atoms with Crippen LogP contribution in [0.3, 0.4) is 0 Å². The summed E-state index contributed by atoms with van der Waals surface area (Å²) >= 11 is 0.775. The molecule has 37 heavy (non-hydrogen) atoms. The van der Waals surface area contributed by atoms with Crippen molar-refractivity contribution < 1.29 is 28.3 Å². The first kappa shape index (κ1) is 27.3. The van der Waals surface area contributed by atoms with Crippen molar-refractivity contribution in [2.45, 2.75) is 43.6 Å². The Morgan fingerprint density at radius 2 is 2.16 bits per heavy atom. The first-order valence-electron chi connectivity index (χ1n) is 11.6. The molecule has 1 aliphatic heterocycles. The molecule has 1 aliphatic carbocycles. The van der Waals surface area contributed by atoms with Crippen molar-refractivity contribution in [3.63, 3.8) is 0 Å². The topological polar surface area (TPSA) is 162 Å². The zero-order chi connectivity index (χ0) is 27.0. The highest BCUT2D eigenvalue weighted by Crippen LogP contribution is 2.42. The second-order valence-corrected chi connectivity index (χ2v) is 12.5. The van der Waals surface area contributed by atoms with E-state index in [1.807, 2.05) is 0 Å². The summed E-state index contributed by atoms with van der Waals surface area (Å²) < 4.78 is 39.9. The van der Waals surface area contributed by atoms with Gasteiger partial charge in [0.1, 0.15) is 30.9 Å². The largest absolute Gasteiger partial charge is 0.481 e. The SMILES string of the molecule is COc1cc(-c2cc(F)cc(CC3CCC3)c2NC(=O)N2C=C(S(=N)(N)=O)SC2C(C)(O)CO)ccn1. The fourth-order valence-corrected chi connectivity index (χ4v) is 6.37. The van der Waals surface area contributed by atoms with Gasteiger partial charge >= 0.3 is 6.03 Å². The number of aliphatic hydroxyl groups is 2. The molecule has 1 aromatic carbocycles. The van der Waals surface area contributed by atoms with E-state index in [2.05, 4.69) is 10.3 Å². The number of aromatic nitrogens is 1. The van der Waals surface area contributed by atoms with Gasteiger partial charge in [-0.05, 0) is 48.6 Å². The molecular formula is C24H30FN5O5S2. The van der Waals surface area contributed by atoms with Gasteiger partial charge in [-0.1, -0.05) is 31.0 Å². The molecule has 200 valence electrons. The lowest BCUT2D eigenvalue weighted by Crippen LogP contribution is -2.50. The molecule has 0 saturated heterocycles. The molecule has 0 spiro atoms. The maximum atomic E-state index is 14.8. The molecule has 4 rings (SSSR count). The van der Waals surface area contributed by atoms with Gasteiger partial charge in [0.15, 0.2) is 0 Å². The number of pyridine rings is 1. The van der Waals surface area contributed by atoms with Crippen molar-refractivity contribution in [1.82, 2.24) is 9.88 Å². The third-order valence-corrected chi connectivity index (χ3v) is 9.55. The predicted molar refractivity (Wildman–Crippen MR) is 140 cm³/mol. The van der Waals surface area contributed by atoms with Crippen molar-refractivity contribution in [1.29, 1.82) is 4.78 Å². The number of hydrogen-bond acceptors (Lipinski definition) is 8. The lowest BCUT2D eigenvalue weighted by Gasteiger charge is -2.34. The van der Waals surface area contributed by atoms with E-state index < -0.39 is 39.3 Å². The normalized spacial score (nSPS) is 21.0. The zero-order valence-electron chi connectivity index (χ0n) is 20.4. The second-order valence-electron chi connectivity index (χ2n) is 9.45. The Balaban J connectivity index is 1.78. The Morgan fingerprint density at radius 3 is 2.76 bits per heavy atom. The first-order valence-corrected chi connectivity index (χ1v) is 14.1. The van der Waals surface area contributed by atoms with Gasteiger partial charge in [0.25, 0.3) is 0 Å². The molecule has 13 heteroatoms. The number of rotatable bonds is 8. The Morgan fingerprint density at radius 1 is 1.43 bits per heavy atom. The van der Waals surface area contributed by atoms with E-state index in [1.165, 1.54) is 32.4 Å². The van der Waals surface area contributed by atoms with Crippen LogP contribution in [-0.4, -0.2) is 55.0 Å². The smallest absolute Gasteiger partial charge is 0.327 e. The highest BCUT2D eigenvalue weighted by Gasteiger charge is 2.44. The van der Waals surface area contributed by atoms with E-state index in [0.717, 1.165) is 42.1 Å². The van der Waals surface area contributed by atoms with E-state index in [4.69, 9.17) is 14.7 Å². The van der Waals surface area contributed by atoms with Crippen LogP contribution in [0, 0.1) is 16.5 Å². The number of aliphatic hydroxyl groups excluding tert-OH is 1. The van der Waals surface area contributed by atoms with Crippen LogP contribution >= 0.6 is 11.8 Å². The van der Waals surface area contributed by atoms with Crippen molar-refractivity contribution in [3.05, 3.63) is 52.3 Å². The highest BCUT2D eigenvalue weighted by atomic mass is 32.3. The van der Waals surface area contributed by atoms with Crippen LogP contribution in [0.15, 0.2) is 40.9 Å². The van der Waals surface area contributed by atoms with Crippen LogP contribution in [0.5, 0.6) is 5.88 Å². The number of methoxy groups -OCH3 is 1. The number of halogens is 1. The quantitative estimate of drug-likeness (QED) is 0.335. The minimum Gasteiger partial charge on any atom is -0.481 e. The molecule has 0 bridgehead atoms. The van der Waals surface area contributed by atoms with E-state index in [0.29, 0.717) is 40.6 Å². The molecule has 3 atom stereocenters. The number of ether oxygens (including phenoxy) is 1. The zero-order valence-corrected chi connectivity index (χ0v) is 22.1. The van der Waals surface area contributed by atoms with Crippen LogP contribution in [0.25, 0.3) is 11.1 Å². The molecular weight excluding hydrogens is 521 g/mol. The van der Waals surface area contributed by atoms with Crippen molar-refractivity contribution in [3.8, 4) is 17.0 Å². The number of thioether (sulfide) groups is 1. The first-order chi connectivity index (χ1) is 17.4. The van der Waals surface area contributed by atoms with Crippen molar-refractivity contribution in [2.24, 2.45) is 11.1 Å². The summed E-state index contributed by atoms with van der Waals surface area (Å²) in [5.41, 5.74) is 0.157. The number of amides is 2. The average molecular weight is 552 g/mol. The summed E-state index contributed by atoms with van der Waals surface area (Å²) in [5, 5.41) is 27.7. The van der Waals surface area contributed by atoms with Crippen LogP contribution in [-0.2, 0) is 16.3 Å². The number of benzene rings is 1. The second kappa shape index (κ2) is 10.6. The Kier molecular flexibility index (Phi) is 7.81. The van der Waals surface area contributed by atoms with Gasteiger partial charge in [0.2, 0.25) is 5.88 Å². The molecule has 2 heterocycles. The van der Waals surface area contributed by atoms with Crippen LogP contribution in [0.1, 0.15) is 31.7 Å². The number of nitrogens with one attached hydrogen (secondary N) is 2. The van der Waals surface area contributed by atoms with Gasteiger partial charge in [-0.15, -0.1) is 0 Å². The van der Waals surface area contributed by atoms with Crippen molar-refractivity contribution >= 4 is 33.4 Å². The fourth-order valence-electron chi connectivity index (χ4n) is 4.27. The summed E-state index contributed by atoms with van der Waals surface area (Å²) in [7, 11) is -2.22. The summed E-state index contributed by atoms with van der Waals surface area (Å²) in [6.07, 6.45) is 6.33. The Hall–Kier alpha value is -2.71. The van der Waals surface area contributed by atoms with E-state index >= 15 is 0 Å². The lowest BCUT2D eigenvalue weighted by atomic mass is 9.80. The van der Waals surface area contributed by atoms with Gasteiger partial charge in [0.05, 0.1) is 19.4 Å². The van der Waals surface area contributed by atoms with Gasteiger partial charge in [-0.25, -0.2) is 28.3 Å². The van der Waals surface area contributed by atoms with Gasteiger partial charge < -0.3 is 20.3 Å². The Bertz CT molecular complexity index is 1330. The molecule has 0 radical (unpaired) electrons. The van der Waals surface area contributed by atoms with Crippen LogP contribution in [0.4, 0.5) is 14.9 Å². The molecule has 6 N–H and O–H groups in total. The van der Waals surface area contributed by atoms with E-state index in [9.17, 15) is 23.6 Å². The third kappa shape index (κ3) is 5.91. The van der Waals surface area contributed by atoms with Crippen LogP contribution < -0.4 is 15.2 Å². The van der Waals surface area contributed by atoms with Gasteiger partial charge in [0, 0.05) is 24.0 Å². The molecule has 1 fully saturated rings. The number of nitrogens with zero attached hydrogens (tertiary/aromatic N) is 2. The third-order valence-electron chi connectivity index (χ3n) is 6.52. The fraction of sp³-hybridized carbons (Fsp3) is 0.417. The molecule has 10 nitrogen and oxygen atoms in total. The van der Waals surface area contributed by atoms with E-state index in [-0.39, 0.29) is 4.24 Å². The molecule has 1 aromatic heterocycles. The summed E-state index contributed by atoms with van der Waals surface area (Å²) in [4.78, 5) is 18.8. The maximum Gasteiger partial charge on any atom is 0.327 e. The number of carbonyl (C=O) groups is 1. The minimum atomic E-state index is -3.69. The van der Waals surface area contributed by atoms with Gasteiger partial charge in [-0.2, -0.15) is 0 Å². The predicted octanol–water partition coefficient (Wildman–Crippen LogP) is 3.61. The molecule has 2 aromatic rings. The molecule has 2 amide bonds. The van der Waals surface area contributed by atoms with Crippen LogP contribution in [0.2, 0.25) is 0 Å². The monoisotopic (exact) mass is 551 g/mol. The number of hydrogen-bond donors (Lipinski definition) is 5. The van der Waals surface area contributed by atoms with E-state index in [1.54, 1.807) is 12.1 Å². The summed E-state index contributed by atoms with van der Waals surface area (Å²) in [6.45, 7) is 0.615. The average Bonchev–Trinajstić information content (AvgIpc) is 3.30. The maximum absolute atomic E-state index is 14.8. The summed E-state index contributed by atoms with van der Waals surface area (Å²) in [5.74, 6) is 0.213. The summed E-state index contributed by atoms with van der Waals surface area (Å²) in [6, 6.07) is 5.28. The molecule has 2 aliphatic rings. The number of nitrogens with two attached hydrogens (primary N) is 1. The standard InChI is InChI=1S/C24H30FN5O5S2/c1-24(33,13-31)22-30(12-20(36-22)37(26,27)34)23(32)29-21-16(8-14-4-3-5-14)9-17(25)11-18(21)15-6-7-28-19(10-15)35-2/h6-7,9-12,14,22,31,33H,3-5,8,13H2,1-2H3,(H,29,32)(H3,26,27,34). The molecule has 3 unspecified atom stereocenters. The Labute approximate surface area is 219 Å². The highest BCUT2D eigenvalue weighted by molar-refractivity contribution is 8.18. The number of anilines is 1. The lowest BCUT2D eigenvalue weighted by molar-refractivity contribution is -0.0200. The number of urea groups is 1. The van der Waals surface area contributed by atoms with Crippen molar-refractivity contribution in [2.75, 3.05) is 19.0 Å².